The summed E-state index contributed by atoms with van der Waals surface area (Å²) in [5, 5.41) is 7.84. The van der Waals surface area contributed by atoms with E-state index in [1.807, 2.05) is 17.9 Å². The van der Waals surface area contributed by atoms with E-state index in [0.29, 0.717) is 12.0 Å². The Balaban J connectivity index is 1.41. The molecular weight excluding hydrogens is 314 g/mol. The highest BCUT2D eigenvalue weighted by atomic mass is 79.9. The van der Waals surface area contributed by atoms with Crippen molar-refractivity contribution in [2.75, 3.05) is 6.54 Å². The summed E-state index contributed by atoms with van der Waals surface area (Å²) < 4.78 is 3.11. The molecule has 0 bridgehead atoms. The van der Waals surface area contributed by atoms with Gasteiger partial charge in [0.15, 0.2) is 0 Å². The molecule has 0 unspecified atom stereocenters. The highest BCUT2D eigenvalue weighted by molar-refractivity contribution is 9.10. The van der Waals surface area contributed by atoms with E-state index in [2.05, 4.69) is 56.8 Å². The largest absolute Gasteiger partial charge is 0.314 e. The van der Waals surface area contributed by atoms with Gasteiger partial charge in [0.25, 0.3) is 0 Å². The molecule has 4 heteroatoms. The first-order valence-corrected chi connectivity index (χ1v) is 7.97. The fourth-order valence-corrected chi connectivity index (χ4v) is 3.47. The quantitative estimate of drug-likeness (QED) is 0.910. The van der Waals surface area contributed by atoms with Crippen LogP contribution >= 0.6 is 15.9 Å². The molecule has 1 saturated carbocycles. The van der Waals surface area contributed by atoms with Crippen LogP contribution in [-0.4, -0.2) is 22.4 Å². The highest BCUT2D eigenvalue weighted by Gasteiger charge is 2.30. The standard InChI is InChI=1S/C16H20BrN3/c1-20-11-12(10-19-20)6-7-18-14-8-13(9-14)15-4-2-3-5-16(15)17/h2-5,10-11,13-14,18H,6-9H2,1H3. The lowest BCUT2D eigenvalue weighted by atomic mass is 9.76. The smallest absolute Gasteiger partial charge is 0.0522 e. The van der Waals surface area contributed by atoms with E-state index in [0.717, 1.165) is 13.0 Å². The number of benzene rings is 1. The Bertz CT molecular complexity index is 573. The van der Waals surface area contributed by atoms with Crippen molar-refractivity contribution in [3.63, 3.8) is 0 Å². The second-order valence-corrected chi connectivity index (χ2v) is 6.47. The third-order valence-corrected chi connectivity index (χ3v) is 4.81. The SMILES string of the molecule is Cn1cc(CCNC2CC(c3ccccc3Br)C2)cn1. The van der Waals surface area contributed by atoms with Crippen molar-refractivity contribution < 1.29 is 0 Å². The van der Waals surface area contributed by atoms with E-state index in [1.165, 1.54) is 28.4 Å². The second-order valence-electron chi connectivity index (χ2n) is 5.61. The van der Waals surface area contributed by atoms with E-state index < -0.39 is 0 Å². The van der Waals surface area contributed by atoms with Crippen molar-refractivity contribution in [2.24, 2.45) is 7.05 Å². The minimum absolute atomic E-state index is 0.670. The molecule has 3 nitrogen and oxygen atoms in total. The van der Waals surface area contributed by atoms with Crippen LogP contribution in [0.4, 0.5) is 0 Å². The molecule has 1 aliphatic carbocycles. The summed E-state index contributed by atoms with van der Waals surface area (Å²) in [5.74, 6) is 0.710. The van der Waals surface area contributed by atoms with Crippen molar-refractivity contribution >= 4 is 15.9 Å². The van der Waals surface area contributed by atoms with Gasteiger partial charge >= 0.3 is 0 Å². The van der Waals surface area contributed by atoms with Gasteiger partial charge in [-0.15, -0.1) is 0 Å². The molecule has 0 aliphatic heterocycles. The van der Waals surface area contributed by atoms with Gasteiger partial charge in [-0.05, 0) is 48.9 Å². The van der Waals surface area contributed by atoms with Gasteiger partial charge in [-0.3, -0.25) is 4.68 Å². The van der Waals surface area contributed by atoms with Crippen molar-refractivity contribution in [1.29, 1.82) is 0 Å². The fraction of sp³-hybridized carbons (Fsp3) is 0.438. The van der Waals surface area contributed by atoms with Gasteiger partial charge < -0.3 is 5.32 Å². The molecule has 1 aliphatic rings. The maximum atomic E-state index is 4.19. The van der Waals surface area contributed by atoms with Gasteiger partial charge in [-0.2, -0.15) is 5.10 Å². The molecule has 0 saturated heterocycles. The van der Waals surface area contributed by atoms with Gasteiger partial charge in [-0.25, -0.2) is 0 Å². The Labute approximate surface area is 128 Å². The zero-order chi connectivity index (χ0) is 13.9. The maximum Gasteiger partial charge on any atom is 0.0522 e. The number of nitrogens with one attached hydrogen (secondary N) is 1. The summed E-state index contributed by atoms with van der Waals surface area (Å²) in [6.45, 7) is 1.04. The average molecular weight is 334 g/mol. The van der Waals surface area contributed by atoms with E-state index >= 15 is 0 Å². The predicted octanol–water partition coefficient (Wildman–Crippen LogP) is 3.26. The van der Waals surface area contributed by atoms with Gasteiger partial charge in [-0.1, -0.05) is 34.1 Å². The zero-order valence-electron chi connectivity index (χ0n) is 11.7. The molecular formula is C16H20BrN3. The number of rotatable bonds is 5. The monoisotopic (exact) mass is 333 g/mol. The molecule has 106 valence electrons. The third kappa shape index (κ3) is 3.13. The van der Waals surface area contributed by atoms with Crippen molar-refractivity contribution in [2.45, 2.75) is 31.2 Å². The van der Waals surface area contributed by atoms with Gasteiger partial charge in [0.1, 0.15) is 0 Å². The average Bonchev–Trinajstić information content (AvgIpc) is 2.79. The van der Waals surface area contributed by atoms with Crippen LogP contribution in [0.5, 0.6) is 0 Å². The van der Waals surface area contributed by atoms with Crippen molar-refractivity contribution in [3.8, 4) is 0 Å². The molecule has 0 spiro atoms. The molecule has 1 N–H and O–H groups in total. The van der Waals surface area contributed by atoms with Crippen LogP contribution in [-0.2, 0) is 13.5 Å². The molecule has 1 heterocycles. The fourth-order valence-electron chi connectivity index (χ4n) is 2.87. The first-order valence-electron chi connectivity index (χ1n) is 7.17. The van der Waals surface area contributed by atoms with Gasteiger partial charge in [0, 0.05) is 23.8 Å². The summed E-state index contributed by atoms with van der Waals surface area (Å²) in [4.78, 5) is 0. The minimum Gasteiger partial charge on any atom is -0.314 e. The predicted molar refractivity (Wildman–Crippen MR) is 84.8 cm³/mol. The molecule has 0 atom stereocenters. The summed E-state index contributed by atoms with van der Waals surface area (Å²) >= 11 is 3.65. The molecule has 20 heavy (non-hydrogen) atoms. The first-order chi connectivity index (χ1) is 9.72. The lowest BCUT2D eigenvalue weighted by molar-refractivity contribution is 0.292. The van der Waals surface area contributed by atoms with E-state index in [4.69, 9.17) is 0 Å². The van der Waals surface area contributed by atoms with Crippen LogP contribution < -0.4 is 5.32 Å². The maximum absolute atomic E-state index is 4.19. The Hall–Kier alpha value is -1.13. The van der Waals surface area contributed by atoms with E-state index in [1.54, 1.807) is 0 Å². The first kappa shape index (κ1) is 13.8. The summed E-state index contributed by atoms with van der Waals surface area (Å²) in [7, 11) is 1.96. The lowest BCUT2D eigenvalue weighted by Gasteiger charge is -2.37. The van der Waals surface area contributed by atoms with Gasteiger partial charge in [0.2, 0.25) is 0 Å². The second kappa shape index (κ2) is 6.10. The van der Waals surface area contributed by atoms with Crippen LogP contribution in [0.1, 0.15) is 29.9 Å². The van der Waals surface area contributed by atoms with E-state index in [9.17, 15) is 0 Å². The van der Waals surface area contributed by atoms with Crippen LogP contribution in [0.15, 0.2) is 41.1 Å². The number of hydrogen-bond donors (Lipinski definition) is 1. The molecule has 0 radical (unpaired) electrons. The molecule has 3 rings (SSSR count). The Kier molecular flexibility index (Phi) is 4.22. The van der Waals surface area contributed by atoms with Crippen LogP contribution in [0.3, 0.4) is 0 Å². The summed E-state index contributed by atoms with van der Waals surface area (Å²) in [6, 6.07) is 9.25. The third-order valence-electron chi connectivity index (χ3n) is 4.09. The normalized spacial score (nSPS) is 21.7. The number of halogens is 1. The molecule has 0 amide bonds. The number of aromatic nitrogens is 2. The van der Waals surface area contributed by atoms with Crippen LogP contribution in [0.2, 0.25) is 0 Å². The summed E-state index contributed by atoms with van der Waals surface area (Å²) in [6.07, 6.45) is 7.59. The number of hydrogen-bond acceptors (Lipinski definition) is 2. The summed E-state index contributed by atoms with van der Waals surface area (Å²) in [5.41, 5.74) is 2.76. The molecule has 1 aromatic carbocycles. The Morgan fingerprint density at radius 3 is 2.85 bits per heavy atom. The van der Waals surface area contributed by atoms with Crippen molar-refractivity contribution in [1.82, 2.24) is 15.1 Å². The highest BCUT2D eigenvalue weighted by Crippen LogP contribution is 2.39. The molecule has 1 fully saturated rings. The van der Waals surface area contributed by atoms with Crippen LogP contribution in [0, 0.1) is 0 Å². The topological polar surface area (TPSA) is 29.9 Å². The van der Waals surface area contributed by atoms with Gasteiger partial charge in [0.05, 0.1) is 6.20 Å². The molecule has 2 aromatic rings. The van der Waals surface area contributed by atoms with Crippen molar-refractivity contribution in [3.05, 3.63) is 52.3 Å². The van der Waals surface area contributed by atoms with E-state index in [-0.39, 0.29) is 0 Å². The number of aryl methyl sites for hydroxylation is 1. The molecule has 1 aromatic heterocycles. The number of nitrogens with zero attached hydrogens (tertiary/aromatic N) is 2. The van der Waals surface area contributed by atoms with Crippen LogP contribution in [0.25, 0.3) is 0 Å². The minimum atomic E-state index is 0.670. The Morgan fingerprint density at radius 2 is 2.15 bits per heavy atom. The zero-order valence-corrected chi connectivity index (χ0v) is 13.3. The lowest BCUT2D eigenvalue weighted by Crippen LogP contribution is -2.41. The Morgan fingerprint density at radius 1 is 1.35 bits per heavy atom.